The van der Waals surface area contributed by atoms with Gasteiger partial charge in [0.2, 0.25) is 5.91 Å². The Hall–Kier alpha value is -2.51. The smallest absolute Gasteiger partial charge is 0.227 e. The summed E-state index contributed by atoms with van der Waals surface area (Å²) in [5, 5.41) is 13.7. The molecule has 0 saturated heterocycles. The molecule has 1 aromatic carbocycles. The third-order valence-corrected chi connectivity index (χ3v) is 6.43. The van der Waals surface area contributed by atoms with Crippen molar-refractivity contribution in [2.75, 3.05) is 11.9 Å². The number of aryl methyl sites for hydroxylation is 1. The Balaban J connectivity index is 1.26. The van der Waals surface area contributed by atoms with Crippen LogP contribution in [0.5, 0.6) is 0 Å². The molecule has 1 amide bonds. The van der Waals surface area contributed by atoms with Crippen molar-refractivity contribution in [1.82, 2.24) is 14.8 Å². The van der Waals surface area contributed by atoms with E-state index in [4.69, 9.17) is 4.74 Å². The number of amides is 1. The number of fused-ring (bicyclic) bond motifs is 2. The van der Waals surface area contributed by atoms with Gasteiger partial charge < -0.3 is 14.6 Å². The molecule has 144 valence electrons. The number of benzene rings is 1. The van der Waals surface area contributed by atoms with E-state index < -0.39 is 0 Å². The predicted octanol–water partition coefficient (Wildman–Crippen LogP) is 3.99. The van der Waals surface area contributed by atoms with Crippen LogP contribution in [0.1, 0.15) is 41.6 Å². The first-order valence-electron chi connectivity index (χ1n) is 9.78. The maximum absolute atomic E-state index is 12.5. The molecule has 1 atom stereocenters. The molecule has 0 unspecified atom stereocenters. The molecule has 0 aliphatic carbocycles. The lowest BCUT2D eigenvalue weighted by molar-refractivity contribution is -0.119. The molecule has 28 heavy (non-hydrogen) atoms. The number of thiophene rings is 1. The summed E-state index contributed by atoms with van der Waals surface area (Å²) in [6, 6.07) is 9.92. The van der Waals surface area contributed by atoms with Gasteiger partial charge in [0, 0.05) is 35.5 Å². The van der Waals surface area contributed by atoms with Crippen LogP contribution in [-0.4, -0.2) is 27.3 Å². The largest absolute Gasteiger partial charge is 0.373 e. The third-order valence-electron chi connectivity index (χ3n) is 5.43. The van der Waals surface area contributed by atoms with E-state index in [1.54, 1.807) is 11.3 Å². The van der Waals surface area contributed by atoms with Gasteiger partial charge >= 0.3 is 0 Å². The Morgan fingerprint density at radius 2 is 2.07 bits per heavy atom. The monoisotopic (exact) mass is 394 g/mol. The molecule has 0 bridgehead atoms. The Bertz CT molecular complexity index is 992. The van der Waals surface area contributed by atoms with Crippen molar-refractivity contribution in [2.24, 2.45) is 0 Å². The predicted molar refractivity (Wildman–Crippen MR) is 108 cm³/mol. The summed E-state index contributed by atoms with van der Waals surface area (Å²) in [4.78, 5) is 13.8. The van der Waals surface area contributed by atoms with E-state index in [1.807, 2.05) is 24.3 Å². The van der Waals surface area contributed by atoms with E-state index in [1.165, 1.54) is 23.3 Å². The fraction of sp³-hybridized carbons (Fsp3) is 0.381. The molecule has 0 spiro atoms. The molecule has 2 aliphatic rings. The standard InChI is InChI=1S/C21H22N4O2S/c26-20(13-17-16-9-12-28-18(16)8-11-27-17)22-15-6-4-14(5-7-15)21-24-23-19-3-1-2-10-25(19)21/h4-7,9,12,17H,1-3,8,10-11,13H2,(H,22,26)/t17-/m0/s1. The van der Waals surface area contributed by atoms with Gasteiger partial charge in [-0.15, -0.1) is 21.5 Å². The van der Waals surface area contributed by atoms with Gasteiger partial charge in [-0.1, -0.05) is 0 Å². The summed E-state index contributed by atoms with van der Waals surface area (Å²) in [7, 11) is 0. The molecule has 1 N–H and O–H groups in total. The SMILES string of the molecule is O=C(C[C@@H]1OCCc2sccc21)Nc1ccc(-c2nnc3n2CCCC3)cc1. The molecule has 7 heteroatoms. The molecule has 0 fully saturated rings. The number of nitrogens with one attached hydrogen (secondary N) is 1. The highest BCUT2D eigenvalue weighted by atomic mass is 32.1. The minimum atomic E-state index is -0.142. The lowest BCUT2D eigenvalue weighted by Gasteiger charge is -2.23. The lowest BCUT2D eigenvalue weighted by atomic mass is 10.0. The number of carbonyl (C=O) groups is 1. The van der Waals surface area contributed by atoms with Gasteiger partial charge in [0.25, 0.3) is 0 Å². The van der Waals surface area contributed by atoms with Crippen molar-refractivity contribution in [2.45, 2.75) is 44.8 Å². The van der Waals surface area contributed by atoms with Gasteiger partial charge in [-0.2, -0.15) is 0 Å². The van der Waals surface area contributed by atoms with Gasteiger partial charge in [-0.05, 0) is 54.1 Å². The van der Waals surface area contributed by atoms with Crippen LogP contribution in [0.4, 0.5) is 5.69 Å². The Labute approximate surface area is 167 Å². The normalized spacial score (nSPS) is 18.4. The quantitative estimate of drug-likeness (QED) is 0.727. The fourth-order valence-electron chi connectivity index (χ4n) is 4.00. The fourth-order valence-corrected chi connectivity index (χ4v) is 4.91. The molecule has 5 rings (SSSR count). The zero-order valence-corrected chi connectivity index (χ0v) is 16.4. The van der Waals surface area contributed by atoms with Crippen LogP contribution in [0.25, 0.3) is 11.4 Å². The minimum absolute atomic E-state index is 0.0309. The van der Waals surface area contributed by atoms with Gasteiger partial charge in [0.1, 0.15) is 5.82 Å². The van der Waals surface area contributed by atoms with Crippen LogP contribution in [0.3, 0.4) is 0 Å². The lowest BCUT2D eigenvalue weighted by Crippen LogP contribution is -2.21. The Morgan fingerprint density at radius 3 is 2.96 bits per heavy atom. The van der Waals surface area contributed by atoms with Crippen molar-refractivity contribution >= 4 is 22.9 Å². The summed E-state index contributed by atoms with van der Waals surface area (Å²) in [5.74, 6) is 1.95. The number of rotatable bonds is 4. The zero-order chi connectivity index (χ0) is 18.9. The van der Waals surface area contributed by atoms with Crippen molar-refractivity contribution in [1.29, 1.82) is 0 Å². The van der Waals surface area contributed by atoms with Crippen LogP contribution in [0.15, 0.2) is 35.7 Å². The average Bonchev–Trinajstić information content (AvgIpc) is 3.36. The molecular weight excluding hydrogens is 372 g/mol. The number of aromatic nitrogens is 3. The first kappa shape index (κ1) is 17.6. The maximum Gasteiger partial charge on any atom is 0.227 e. The molecule has 3 aromatic rings. The highest BCUT2D eigenvalue weighted by Crippen LogP contribution is 2.33. The van der Waals surface area contributed by atoms with E-state index in [0.717, 1.165) is 42.3 Å². The number of anilines is 1. The highest BCUT2D eigenvalue weighted by molar-refractivity contribution is 7.10. The Morgan fingerprint density at radius 1 is 1.18 bits per heavy atom. The van der Waals surface area contributed by atoms with Crippen LogP contribution in [0.2, 0.25) is 0 Å². The Kier molecular flexibility index (Phi) is 4.70. The van der Waals surface area contributed by atoms with Crippen molar-refractivity contribution in [3.8, 4) is 11.4 Å². The number of carbonyl (C=O) groups excluding carboxylic acids is 1. The van der Waals surface area contributed by atoms with Gasteiger partial charge in [-0.3, -0.25) is 4.79 Å². The van der Waals surface area contributed by atoms with E-state index >= 15 is 0 Å². The maximum atomic E-state index is 12.5. The van der Waals surface area contributed by atoms with Gasteiger partial charge in [-0.25, -0.2) is 0 Å². The second-order valence-corrected chi connectivity index (χ2v) is 8.29. The van der Waals surface area contributed by atoms with Crippen molar-refractivity contribution in [3.63, 3.8) is 0 Å². The van der Waals surface area contributed by atoms with E-state index in [0.29, 0.717) is 13.0 Å². The van der Waals surface area contributed by atoms with E-state index in [9.17, 15) is 4.79 Å². The number of ether oxygens (including phenoxy) is 1. The summed E-state index contributed by atoms with van der Waals surface area (Å²) in [6.45, 7) is 1.66. The third kappa shape index (κ3) is 3.36. The topological polar surface area (TPSA) is 69.0 Å². The number of nitrogens with zero attached hydrogens (tertiary/aromatic N) is 3. The number of hydrogen-bond donors (Lipinski definition) is 1. The van der Waals surface area contributed by atoms with Crippen LogP contribution < -0.4 is 5.32 Å². The first-order valence-corrected chi connectivity index (χ1v) is 10.7. The summed E-state index contributed by atoms with van der Waals surface area (Å²) in [5.41, 5.74) is 2.98. The highest BCUT2D eigenvalue weighted by Gasteiger charge is 2.24. The van der Waals surface area contributed by atoms with E-state index in [-0.39, 0.29) is 12.0 Å². The molecule has 6 nitrogen and oxygen atoms in total. The number of hydrogen-bond acceptors (Lipinski definition) is 5. The van der Waals surface area contributed by atoms with Gasteiger partial charge in [0.15, 0.2) is 5.82 Å². The van der Waals surface area contributed by atoms with Crippen molar-refractivity contribution < 1.29 is 9.53 Å². The average molecular weight is 395 g/mol. The molecule has 4 heterocycles. The zero-order valence-electron chi connectivity index (χ0n) is 15.6. The van der Waals surface area contributed by atoms with Crippen molar-refractivity contribution in [3.05, 3.63) is 52.0 Å². The van der Waals surface area contributed by atoms with Crippen LogP contribution >= 0.6 is 11.3 Å². The van der Waals surface area contributed by atoms with Gasteiger partial charge in [0.05, 0.1) is 19.1 Å². The molecule has 2 aliphatic heterocycles. The van der Waals surface area contributed by atoms with E-state index in [2.05, 4.69) is 31.5 Å². The second-order valence-electron chi connectivity index (χ2n) is 7.29. The summed E-state index contributed by atoms with van der Waals surface area (Å²) < 4.78 is 8.02. The molecule has 0 radical (unpaired) electrons. The molecule has 2 aromatic heterocycles. The first-order chi connectivity index (χ1) is 13.8. The minimum Gasteiger partial charge on any atom is -0.373 e. The van der Waals surface area contributed by atoms with Crippen LogP contribution in [0, 0.1) is 0 Å². The molecule has 0 saturated carbocycles. The summed E-state index contributed by atoms with van der Waals surface area (Å²) >= 11 is 1.75. The molecular formula is C21H22N4O2S. The summed E-state index contributed by atoms with van der Waals surface area (Å²) in [6.07, 6.45) is 4.48. The van der Waals surface area contributed by atoms with Crippen LogP contribution in [-0.2, 0) is 28.9 Å². The second kappa shape index (κ2) is 7.48.